The van der Waals surface area contributed by atoms with Gasteiger partial charge in [0.1, 0.15) is 0 Å². The maximum Gasteiger partial charge on any atom is 0.345 e. The first-order chi connectivity index (χ1) is 9.58. The van der Waals surface area contributed by atoms with Crippen LogP contribution in [0.2, 0.25) is 0 Å². The van der Waals surface area contributed by atoms with Crippen LogP contribution in [0.3, 0.4) is 0 Å². The van der Waals surface area contributed by atoms with Gasteiger partial charge in [0.15, 0.2) is 11.5 Å². The smallest absolute Gasteiger partial charge is 0.345 e. The predicted molar refractivity (Wildman–Crippen MR) is 88.2 cm³/mol. The first-order valence-electron chi connectivity index (χ1n) is 5.59. The molecular weight excluding hydrogens is 486 g/mol. The van der Waals surface area contributed by atoms with Gasteiger partial charge < -0.3 is 9.47 Å². The van der Waals surface area contributed by atoms with Crippen LogP contribution in [0.25, 0.3) is 0 Å². The summed E-state index contributed by atoms with van der Waals surface area (Å²) < 4.78 is 12.2. The zero-order chi connectivity index (χ0) is 14.3. The van der Waals surface area contributed by atoms with Crippen LogP contribution < -0.4 is 9.47 Å². The number of benzene rings is 2. The van der Waals surface area contributed by atoms with E-state index < -0.39 is 11.9 Å². The minimum atomic E-state index is -0.557. The number of esters is 2. The number of carbonyl (C=O) groups is 2. The van der Waals surface area contributed by atoms with Crippen molar-refractivity contribution in [2.45, 2.75) is 0 Å². The van der Waals surface area contributed by atoms with Crippen LogP contribution in [0.1, 0.15) is 20.7 Å². The average Bonchev–Trinajstić information content (AvgIpc) is 2.42. The molecule has 0 saturated carbocycles. The van der Waals surface area contributed by atoms with E-state index in [-0.39, 0.29) is 22.6 Å². The van der Waals surface area contributed by atoms with Gasteiger partial charge in [-0.1, -0.05) is 12.1 Å². The zero-order valence-electron chi connectivity index (χ0n) is 9.85. The Morgan fingerprint density at radius 3 is 2.05 bits per heavy atom. The molecule has 1 aliphatic rings. The molecule has 20 heavy (non-hydrogen) atoms. The van der Waals surface area contributed by atoms with Crippen molar-refractivity contribution in [2.24, 2.45) is 0 Å². The molecule has 4 nitrogen and oxygen atoms in total. The van der Waals surface area contributed by atoms with Crippen LogP contribution in [-0.2, 0) is 0 Å². The minimum absolute atomic E-state index is 0.217. The lowest BCUT2D eigenvalue weighted by Gasteiger charge is -2.17. The van der Waals surface area contributed by atoms with Crippen molar-refractivity contribution in [3.63, 3.8) is 0 Å². The summed E-state index contributed by atoms with van der Waals surface area (Å²) in [5.74, 6) is -0.623. The second kappa shape index (κ2) is 5.32. The number of carbonyl (C=O) groups excluding carboxylic acids is 2. The van der Waals surface area contributed by atoms with Crippen molar-refractivity contribution in [3.8, 4) is 11.5 Å². The van der Waals surface area contributed by atoms with Gasteiger partial charge in [0, 0.05) is 7.14 Å². The van der Waals surface area contributed by atoms with Crippen LogP contribution in [0, 0.1) is 7.14 Å². The molecule has 1 heterocycles. The highest BCUT2D eigenvalue weighted by Gasteiger charge is 2.28. The fourth-order valence-corrected chi connectivity index (χ4v) is 2.98. The SMILES string of the molecule is O=C1Oc2ccccc2OC(=O)c2c1ccc(I)c2I. The van der Waals surface area contributed by atoms with E-state index in [1.807, 2.05) is 22.6 Å². The normalized spacial score (nSPS) is 13.5. The summed E-state index contributed by atoms with van der Waals surface area (Å²) >= 11 is 4.13. The Hall–Kier alpha value is -1.16. The number of fused-ring (bicyclic) bond motifs is 2. The highest BCUT2D eigenvalue weighted by molar-refractivity contribution is 14.1. The molecule has 3 rings (SSSR count). The van der Waals surface area contributed by atoms with Crippen LogP contribution in [0.15, 0.2) is 36.4 Å². The van der Waals surface area contributed by atoms with Gasteiger partial charge in [-0.25, -0.2) is 9.59 Å². The third kappa shape index (κ3) is 2.30. The highest BCUT2D eigenvalue weighted by atomic mass is 127. The van der Waals surface area contributed by atoms with Crippen LogP contribution in [0.4, 0.5) is 0 Å². The van der Waals surface area contributed by atoms with E-state index in [0.717, 1.165) is 3.57 Å². The van der Waals surface area contributed by atoms with Crippen molar-refractivity contribution >= 4 is 57.1 Å². The second-order valence-corrected chi connectivity index (χ2v) is 6.25. The number of rotatable bonds is 0. The summed E-state index contributed by atoms with van der Waals surface area (Å²) in [5.41, 5.74) is 0.464. The number of hydrogen-bond donors (Lipinski definition) is 0. The molecule has 0 bridgehead atoms. The Labute approximate surface area is 141 Å². The van der Waals surface area contributed by atoms with Gasteiger partial charge in [-0.15, -0.1) is 0 Å². The highest BCUT2D eigenvalue weighted by Crippen LogP contribution is 2.33. The lowest BCUT2D eigenvalue weighted by Crippen LogP contribution is -2.22. The molecule has 6 heteroatoms. The molecule has 1 aliphatic heterocycles. The van der Waals surface area contributed by atoms with Crippen molar-refractivity contribution in [3.05, 3.63) is 54.7 Å². The Bertz CT molecular complexity index is 740. The van der Waals surface area contributed by atoms with Crippen molar-refractivity contribution in [1.29, 1.82) is 0 Å². The molecule has 0 N–H and O–H groups in total. The molecule has 2 aromatic carbocycles. The van der Waals surface area contributed by atoms with E-state index in [2.05, 4.69) is 22.6 Å². The molecule has 0 amide bonds. The summed E-state index contributed by atoms with van der Waals surface area (Å²) in [7, 11) is 0. The van der Waals surface area contributed by atoms with Gasteiger partial charge in [0.2, 0.25) is 0 Å². The second-order valence-electron chi connectivity index (χ2n) is 4.01. The van der Waals surface area contributed by atoms with Crippen LogP contribution >= 0.6 is 45.2 Å². The Morgan fingerprint density at radius 2 is 1.40 bits per heavy atom. The van der Waals surface area contributed by atoms with Crippen molar-refractivity contribution in [1.82, 2.24) is 0 Å². The molecule has 0 aliphatic carbocycles. The van der Waals surface area contributed by atoms with Gasteiger partial charge >= 0.3 is 11.9 Å². The molecular formula is C14H6I2O4. The molecule has 0 atom stereocenters. The Morgan fingerprint density at radius 1 is 0.800 bits per heavy atom. The number of para-hydroxylation sites is 2. The third-order valence-corrected chi connectivity index (χ3v) is 5.82. The predicted octanol–water partition coefficient (Wildman–Crippen LogP) is 3.65. The van der Waals surface area contributed by atoms with Crippen molar-refractivity contribution < 1.29 is 19.1 Å². The molecule has 0 aromatic heterocycles. The van der Waals surface area contributed by atoms with Gasteiger partial charge in [-0.3, -0.25) is 0 Å². The summed E-state index contributed by atoms with van der Waals surface area (Å²) in [4.78, 5) is 24.5. The molecule has 0 radical (unpaired) electrons. The topological polar surface area (TPSA) is 52.6 Å². The fraction of sp³-hybridized carbons (Fsp3) is 0. The van der Waals surface area contributed by atoms with E-state index in [4.69, 9.17) is 9.47 Å². The molecule has 100 valence electrons. The summed E-state index contributed by atoms with van der Waals surface area (Å²) in [6.07, 6.45) is 0. The maximum absolute atomic E-state index is 12.3. The Balaban J connectivity index is 2.21. The Kier molecular flexibility index (Phi) is 3.67. The molecule has 0 saturated heterocycles. The zero-order valence-corrected chi connectivity index (χ0v) is 14.2. The minimum Gasteiger partial charge on any atom is -0.419 e. The van der Waals surface area contributed by atoms with Crippen LogP contribution in [-0.4, -0.2) is 11.9 Å². The lowest BCUT2D eigenvalue weighted by molar-refractivity contribution is 0.0647. The number of hydrogen-bond acceptors (Lipinski definition) is 4. The first kappa shape index (κ1) is 13.8. The van der Waals surface area contributed by atoms with Gasteiger partial charge in [0.25, 0.3) is 0 Å². The molecule has 0 unspecified atom stereocenters. The summed E-state index contributed by atoms with van der Waals surface area (Å²) in [6, 6.07) is 9.94. The molecule has 0 spiro atoms. The van der Waals surface area contributed by atoms with Crippen molar-refractivity contribution in [2.75, 3.05) is 0 Å². The molecule has 2 aromatic rings. The standard InChI is InChI=1S/C14H6I2O4/c15-8-6-5-7-11(12(8)16)14(18)20-10-4-2-1-3-9(10)19-13(7)17/h1-6H. The summed E-state index contributed by atoms with van der Waals surface area (Å²) in [5, 5.41) is 0. The van der Waals surface area contributed by atoms with E-state index in [0.29, 0.717) is 3.57 Å². The summed E-state index contributed by atoms with van der Waals surface area (Å²) in [6.45, 7) is 0. The van der Waals surface area contributed by atoms with E-state index >= 15 is 0 Å². The largest absolute Gasteiger partial charge is 0.419 e. The van der Waals surface area contributed by atoms with Gasteiger partial charge in [0.05, 0.1) is 11.1 Å². The van der Waals surface area contributed by atoms with Gasteiger partial charge in [-0.05, 0) is 69.4 Å². The first-order valence-corrected chi connectivity index (χ1v) is 7.75. The number of ether oxygens (including phenoxy) is 2. The van der Waals surface area contributed by atoms with Crippen LogP contribution in [0.5, 0.6) is 11.5 Å². The molecule has 0 fully saturated rings. The van der Waals surface area contributed by atoms with E-state index in [9.17, 15) is 9.59 Å². The van der Waals surface area contributed by atoms with E-state index in [1.165, 1.54) is 0 Å². The number of halogens is 2. The average molecular weight is 492 g/mol. The third-order valence-electron chi connectivity index (χ3n) is 2.77. The lowest BCUT2D eigenvalue weighted by atomic mass is 10.1. The monoisotopic (exact) mass is 492 g/mol. The fourth-order valence-electron chi connectivity index (χ4n) is 1.84. The van der Waals surface area contributed by atoms with Gasteiger partial charge in [-0.2, -0.15) is 0 Å². The quantitative estimate of drug-likeness (QED) is 0.321. The maximum atomic E-state index is 12.3. The van der Waals surface area contributed by atoms with E-state index in [1.54, 1.807) is 36.4 Å².